The van der Waals surface area contributed by atoms with E-state index in [1.54, 1.807) is 0 Å². The van der Waals surface area contributed by atoms with E-state index in [1.165, 1.54) is 0 Å². The standard InChI is InChI=1S/C6H12O6/c7-1-5(9)3-12-6(10,2-8)4-11-5/h7-10H,1-4H2/t5-,6+. The van der Waals surface area contributed by atoms with Gasteiger partial charge in [-0.2, -0.15) is 0 Å². The molecular weight excluding hydrogens is 168 g/mol. The molecule has 0 radical (unpaired) electrons. The molecule has 4 N–H and O–H groups in total. The summed E-state index contributed by atoms with van der Waals surface area (Å²) in [5.74, 6) is -3.52. The fourth-order valence-corrected chi connectivity index (χ4v) is 0.760. The normalized spacial score (nSPS) is 43.0. The predicted molar refractivity (Wildman–Crippen MR) is 36.0 cm³/mol. The third-order valence-corrected chi connectivity index (χ3v) is 1.63. The molecule has 6 nitrogen and oxygen atoms in total. The van der Waals surface area contributed by atoms with E-state index in [0.29, 0.717) is 0 Å². The molecule has 0 bridgehead atoms. The molecule has 0 aromatic rings. The lowest BCUT2D eigenvalue weighted by Gasteiger charge is -2.38. The summed E-state index contributed by atoms with van der Waals surface area (Å²) in [4.78, 5) is 0. The molecule has 0 saturated carbocycles. The highest BCUT2D eigenvalue weighted by atomic mass is 16.7. The molecule has 6 heteroatoms. The Kier molecular flexibility index (Phi) is 2.67. The maximum atomic E-state index is 9.22. The minimum atomic E-state index is -1.76. The third-order valence-electron chi connectivity index (χ3n) is 1.63. The second kappa shape index (κ2) is 3.25. The molecule has 72 valence electrons. The highest BCUT2D eigenvalue weighted by Gasteiger charge is 2.42. The Labute approximate surface area is 69.0 Å². The van der Waals surface area contributed by atoms with Crippen LogP contribution >= 0.6 is 0 Å². The fourth-order valence-electron chi connectivity index (χ4n) is 0.760. The van der Waals surface area contributed by atoms with E-state index in [4.69, 9.17) is 19.7 Å². The van der Waals surface area contributed by atoms with Crippen LogP contribution in [0.3, 0.4) is 0 Å². The molecule has 2 atom stereocenters. The maximum Gasteiger partial charge on any atom is 0.213 e. The van der Waals surface area contributed by atoms with E-state index >= 15 is 0 Å². The Bertz CT molecular complexity index is 132. The summed E-state index contributed by atoms with van der Waals surface area (Å²) < 4.78 is 9.38. The molecule has 1 saturated heterocycles. The van der Waals surface area contributed by atoms with Crippen LogP contribution in [0.4, 0.5) is 0 Å². The Hall–Kier alpha value is -0.240. The van der Waals surface area contributed by atoms with Gasteiger partial charge in [-0.1, -0.05) is 0 Å². The highest BCUT2D eigenvalue weighted by molar-refractivity contribution is 4.77. The summed E-state index contributed by atoms with van der Waals surface area (Å²) in [6, 6.07) is 0. The van der Waals surface area contributed by atoms with Crippen molar-refractivity contribution in [2.75, 3.05) is 26.4 Å². The van der Waals surface area contributed by atoms with Crippen molar-refractivity contribution in [1.82, 2.24) is 0 Å². The van der Waals surface area contributed by atoms with Gasteiger partial charge in [0.2, 0.25) is 11.6 Å². The molecule has 0 aromatic heterocycles. The number of aliphatic hydroxyl groups excluding tert-OH is 2. The average Bonchev–Trinajstić information content (AvgIpc) is 2.11. The molecule has 1 heterocycles. The van der Waals surface area contributed by atoms with Crippen molar-refractivity contribution in [3.8, 4) is 0 Å². The van der Waals surface area contributed by atoms with E-state index in [9.17, 15) is 10.2 Å². The first-order valence-corrected chi connectivity index (χ1v) is 3.48. The molecule has 0 aliphatic carbocycles. The minimum Gasteiger partial charge on any atom is -0.391 e. The Morgan fingerprint density at radius 1 is 0.917 bits per heavy atom. The van der Waals surface area contributed by atoms with Crippen molar-refractivity contribution in [3.63, 3.8) is 0 Å². The van der Waals surface area contributed by atoms with Crippen LogP contribution in [-0.2, 0) is 9.47 Å². The quantitative estimate of drug-likeness (QED) is 0.372. The van der Waals surface area contributed by atoms with Crippen LogP contribution in [0.25, 0.3) is 0 Å². The van der Waals surface area contributed by atoms with E-state index < -0.39 is 24.8 Å². The van der Waals surface area contributed by atoms with Gasteiger partial charge in [0.25, 0.3) is 0 Å². The lowest BCUT2D eigenvalue weighted by molar-refractivity contribution is -0.377. The molecule has 12 heavy (non-hydrogen) atoms. The van der Waals surface area contributed by atoms with Gasteiger partial charge in [0, 0.05) is 0 Å². The molecule has 1 aliphatic rings. The first kappa shape index (κ1) is 9.85. The lowest BCUT2D eigenvalue weighted by Crippen LogP contribution is -2.56. The Morgan fingerprint density at radius 3 is 1.42 bits per heavy atom. The van der Waals surface area contributed by atoms with Crippen molar-refractivity contribution in [2.24, 2.45) is 0 Å². The van der Waals surface area contributed by atoms with Gasteiger partial charge in [0.15, 0.2) is 0 Å². The predicted octanol–water partition coefficient (Wildman–Crippen LogP) is -2.60. The first-order chi connectivity index (χ1) is 5.54. The van der Waals surface area contributed by atoms with Crippen molar-refractivity contribution < 1.29 is 29.9 Å². The van der Waals surface area contributed by atoms with Gasteiger partial charge < -0.3 is 29.9 Å². The van der Waals surface area contributed by atoms with Gasteiger partial charge in [-0.3, -0.25) is 0 Å². The van der Waals surface area contributed by atoms with Crippen molar-refractivity contribution in [1.29, 1.82) is 0 Å². The van der Waals surface area contributed by atoms with Gasteiger partial charge in [-0.05, 0) is 0 Å². The Balaban J connectivity index is 2.49. The fraction of sp³-hybridized carbons (Fsp3) is 1.00. The highest BCUT2D eigenvalue weighted by Crippen LogP contribution is 2.20. The van der Waals surface area contributed by atoms with E-state index in [2.05, 4.69) is 0 Å². The second-order valence-electron chi connectivity index (χ2n) is 2.79. The van der Waals surface area contributed by atoms with Crippen LogP contribution in [0.5, 0.6) is 0 Å². The second-order valence-corrected chi connectivity index (χ2v) is 2.79. The van der Waals surface area contributed by atoms with Crippen LogP contribution in [0.2, 0.25) is 0 Å². The number of rotatable bonds is 2. The van der Waals surface area contributed by atoms with Gasteiger partial charge >= 0.3 is 0 Å². The largest absolute Gasteiger partial charge is 0.391 e. The van der Waals surface area contributed by atoms with E-state index in [0.717, 1.165) is 0 Å². The van der Waals surface area contributed by atoms with Crippen LogP contribution in [-0.4, -0.2) is 58.4 Å². The van der Waals surface area contributed by atoms with Crippen LogP contribution in [0.15, 0.2) is 0 Å². The number of aliphatic hydroxyl groups is 4. The molecule has 1 fully saturated rings. The molecule has 0 aromatic carbocycles. The van der Waals surface area contributed by atoms with E-state index in [1.807, 2.05) is 0 Å². The molecule has 1 rings (SSSR count). The number of hydrogen-bond donors (Lipinski definition) is 4. The molecule has 0 amide bonds. The van der Waals surface area contributed by atoms with Gasteiger partial charge in [-0.15, -0.1) is 0 Å². The smallest absolute Gasteiger partial charge is 0.213 e. The number of hydrogen-bond acceptors (Lipinski definition) is 6. The summed E-state index contributed by atoms with van der Waals surface area (Å²) in [6.45, 7) is -1.98. The zero-order valence-corrected chi connectivity index (χ0v) is 6.43. The average molecular weight is 180 g/mol. The van der Waals surface area contributed by atoms with Crippen molar-refractivity contribution in [2.45, 2.75) is 11.6 Å². The summed E-state index contributed by atoms with van der Waals surface area (Å²) in [6.07, 6.45) is 0. The van der Waals surface area contributed by atoms with Crippen molar-refractivity contribution >= 4 is 0 Å². The topological polar surface area (TPSA) is 99.4 Å². The minimum absolute atomic E-state index is 0.374. The molecule has 0 unspecified atom stereocenters. The molecule has 1 aliphatic heterocycles. The number of ether oxygens (including phenoxy) is 2. The zero-order valence-electron chi connectivity index (χ0n) is 6.43. The van der Waals surface area contributed by atoms with Crippen LogP contribution in [0.1, 0.15) is 0 Å². The van der Waals surface area contributed by atoms with Crippen LogP contribution < -0.4 is 0 Å². The maximum absolute atomic E-state index is 9.22. The molecular formula is C6H12O6. The molecule has 0 spiro atoms. The van der Waals surface area contributed by atoms with Crippen LogP contribution in [0, 0.1) is 0 Å². The first-order valence-electron chi connectivity index (χ1n) is 3.48. The Morgan fingerprint density at radius 2 is 1.25 bits per heavy atom. The van der Waals surface area contributed by atoms with Crippen molar-refractivity contribution in [3.05, 3.63) is 0 Å². The summed E-state index contributed by atoms with van der Waals surface area (Å²) in [5, 5.41) is 35.6. The van der Waals surface area contributed by atoms with Gasteiger partial charge in [-0.25, -0.2) is 0 Å². The summed E-state index contributed by atoms with van der Waals surface area (Å²) >= 11 is 0. The SMILES string of the molecule is OC[C@@]1(O)CO[C@](O)(CO)CO1. The summed E-state index contributed by atoms with van der Waals surface area (Å²) in [7, 11) is 0. The monoisotopic (exact) mass is 180 g/mol. The van der Waals surface area contributed by atoms with Gasteiger partial charge in [0.1, 0.15) is 13.2 Å². The van der Waals surface area contributed by atoms with Gasteiger partial charge in [0.05, 0.1) is 13.2 Å². The zero-order chi connectivity index (χ0) is 9.24. The lowest BCUT2D eigenvalue weighted by atomic mass is 10.2. The van der Waals surface area contributed by atoms with E-state index in [-0.39, 0.29) is 13.2 Å². The summed E-state index contributed by atoms with van der Waals surface area (Å²) in [5.41, 5.74) is 0. The third kappa shape index (κ3) is 1.92.